The van der Waals surface area contributed by atoms with Gasteiger partial charge in [-0.15, -0.1) is 0 Å². The van der Waals surface area contributed by atoms with Crippen LogP contribution in [0.15, 0.2) is 24.3 Å². The van der Waals surface area contributed by atoms with Crippen LogP contribution in [0.2, 0.25) is 0 Å². The normalized spacial score (nSPS) is 21.2. The van der Waals surface area contributed by atoms with Gasteiger partial charge >= 0.3 is 6.16 Å². The van der Waals surface area contributed by atoms with Gasteiger partial charge in [-0.25, -0.2) is 4.79 Å². The Hall–Kier alpha value is -2.08. The Morgan fingerprint density at radius 2 is 1.96 bits per heavy atom. The molecule has 1 spiro atoms. The van der Waals surface area contributed by atoms with Gasteiger partial charge in [0.05, 0.1) is 6.04 Å². The predicted octanol–water partition coefficient (Wildman–Crippen LogP) is 2.71. The van der Waals surface area contributed by atoms with Gasteiger partial charge in [-0.05, 0) is 25.5 Å². The van der Waals surface area contributed by atoms with Crippen LogP contribution in [0.1, 0.15) is 31.7 Å². The topological polar surface area (TPSA) is 67.9 Å². The van der Waals surface area contributed by atoms with Crippen molar-refractivity contribution in [3.8, 4) is 0 Å². The second-order valence-corrected chi connectivity index (χ2v) is 6.64. The second kappa shape index (κ2) is 6.81. The van der Waals surface area contributed by atoms with Gasteiger partial charge in [0.2, 0.25) is 5.91 Å². The number of ether oxygens (including phenoxy) is 2. The van der Waals surface area contributed by atoms with Crippen molar-refractivity contribution in [3.05, 3.63) is 29.8 Å². The van der Waals surface area contributed by atoms with Gasteiger partial charge in [-0.1, -0.05) is 24.6 Å². The monoisotopic (exact) mass is 332 g/mol. The number of cyclic esters (lactones) is 1. The van der Waals surface area contributed by atoms with E-state index in [-0.39, 0.29) is 11.9 Å². The van der Waals surface area contributed by atoms with Crippen molar-refractivity contribution in [3.63, 3.8) is 0 Å². The zero-order valence-electron chi connectivity index (χ0n) is 14.2. The fourth-order valence-corrected chi connectivity index (χ4v) is 3.39. The first-order chi connectivity index (χ1) is 11.5. The van der Waals surface area contributed by atoms with Gasteiger partial charge < -0.3 is 14.8 Å². The van der Waals surface area contributed by atoms with E-state index < -0.39 is 11.8 Å². The number of nitrogens with one attached hydrogen (secondary N) is 1. The molecule has 3 rings (SSSR count). The number of amides is 1. The van der Waals surface area contributed by atoms with E-state index in [9.17, 15) is 9.59 Å². The third-order valence-electron chi connectivity index (χ3n) is 4.91. The van der Waals surface area contributed by atoms with E-state index in [1.807, 2.05) is 38.1 Å². The molecule has 0 saturated carbocycles. The number of aryl methyl sites for hydroxylation is 1. The fraction of sp³-hybridized carbons (Fsp3) is 0.556. The first kappa shape index (κ1) is 16.8. The molecule has 1 aromatic rings. The lowest BCUT2D eigenvalue weighted by Crippen LogP contribution is -2.52. The molecule has 0 aromatic heterocycles. The number of hydrogen-bond acceptors (Lipinski definition) is 5. The van der Waals surface area contributed by atoms with Crippen molar-refractivity contribution >= 4 is 17.7 Å². The van der Waals surface area contributed by atoms with Crippen LogP contribution >= 0.6 is 0 Å². The SMILES string of the molecule is CCC(C(=O)Nc1ccc(C)cc1)N1CCC2(CC1)COC(=O)O2. The Morgan fingerprint density at radius 1 is 1.29 bits per heavy atom. The maximum absolute atomic E-state index is 12.6. The summed E-state index contributed by atoms with van der Waals surface area (Å²) < 4.78 is 10.3. The minimum atomic E-state index is -0.576. The summed E-state index contributed by atoms with van der Waals surface area (Å²) in [5.74, 6) is 0.0111. The lowest BCUT2D eigenvalue weighted by molar-refractivity contribution is -0.123. The van der Waals surface area contributed by atoms with E-state index in [2.05, 4.69) is 10.2 Å². The largest absolute Gasteiger partial charge is 0.509 e. The van der Waals surface area contributed by atoms with Crippen molar-refractivity contribution in [1.29, 1.82) is 0 Å². The first-order valence-electron chi connectivity index (χ1n) is 8.49. The standard InChI is InChI=1S/C18H24N2O4/c1-3-15(16(21)19-14-6-4-13(2)5-7-14)20-10-8-18(9-11-20)12-23-17(22)24-18/h4-7,15H,3,8-12H2,1-2H3,(H,19,21). The number of benzene rings is 1. The van der Waals surface area contributed by atoms with E-state index in [0.29, 0.717) is 19.4 Å². The van der Waals surface area contributed by atoms with Crippen LogP contribution < -0.4 is 5.32 Å². The van der Waals surface area contributed by atoms with E-state index in [4.69, 9.17) is 9.47 Å². The Labute approximate surface area is 142 Å². The molecule has 2 fully saturated rings. The molecule has 1 unspecified atom stereocenters. The molecule has 1 aromatic carbocycles. The molecule has 2 aliphatic rings. The van der Waals surface area contributed by atoms with Crippen LogP contribution in [-0.4, -0.2) is 48.3 Å². The molecule has 6 nitrogen and oxygen atoms in total. The van der Waals surface area contributed by atoms with Crippen molar-refractivity contribution < 1.29 is 19.1 Å². The summed E-state index contributed by atoms with van der Waals surface area (Å²) in [4.78, 5) is 26.0. The summed E-state index contributed by atoms with van der Waals surface area (Å²) in [5.41, 5.74) is 1.49. The van der Waals surface area contributed by atoms with E-state index >= 15 is 0 Å². The highest BCUT2D eigenvalue weighted by Gasteiger charge is 2.45. The quantitative estimate of drug-likeness (QED) is 0.859. The molecule has 130 valence electrons. The highest BCUT2D eigenvalue weighted by molar-refractivity contribution is 5.94. The molecule has 2 aliphatic heterocycles. The Kier molecular flexibility index (Phi) is 4.76. The minimum Gasteiger partial charge on any atom is -0.430 e. The molecular weight excluding hydrogens is 308 g/mol. The van der Waals surface area contributed by atoms with Gasteiger partial charge in [-0.2, -0.15) is 0 Å². The average molecular weight is 332 g/mol. The first-order valence-corrected chi connectivity index (χ1v) is 8.49. The average Bonchev–Trinajstić information content (AvgIpc) is 2.93. The van der Waals surface area contributed by atoms with Gasteiger partial charge in [0, 0.05) is 31.6 Å². The van der Waals surface area contributed by atoms with Crippen LogP contribution in [0.4, 0.5) is 10.5 Å². The molecular formula is C18H24N2O4. The van der Waals surface area contributed by atoms with E-state index in [1.165, 1.54) is 0 Å². The number of anilines is 1. The molecule has 1 N–H and O–H groups in total. The van der Waals surface area contributed by atoms with Crippen molar-refractivity contribution in [2.24, 2.45) is 0 Å². The summed E-state index contributed by atoms with van der Waals surface area (Å²) >= 11 is 0. The number of carbonyl (C=O) groups excluding carboxylic acids is 2. The van der Waals surface area contributed by atoms with Gasteiger partial charge in [0.1, 0.15) is 6.61 Å². The summed E-state index contributed by atoms with van der Waals surface area (Å²) in [6.07, 6.45) is 1.56. The Bertz CT molecular complexity index is 606. The molecule has 0 aliphatic carbocycles. The van der Waals surface area contributed by atoms with Crippen LogP contribution in [0.25, 0.3) is 0 Å². The maximum atomic E-state index is 12.6. The predicted molar refractivity (Wildman–Crippen MR) is 89.9 cm³/mol. The number of nitrogens with zero attached hydrogens (tertiary/aromatic N) is 1. The lowest BCUT2D eigenvalue weighted by atomic mass is 9.91. The maximum Gasteiger partial charge on any atom is 0.509 e. The van der Waals surface area contributed by atoms with Crippen molar-refractivity contribution in [1.82, 2.24) is 4.90 Å². The van der Waals surface area contributed by atoms with Gasteiger partial charge in [-0.3, -0.25) is 9.69 Å². The summed E-state index contributed by atoms with van der Waals surface area (Å²) in [7, 11) is 0. The molecule has 1 atom stereocenters. The molecule has 2 heterocycles. The molecule has 0 bridgehead atoms. The highest BCUT2D eigenvalue weighted by Crippen LogP contribution is 2.32. The van der Waals surface area contributed by atoms with Crippen LogP contribution in [-0.2, 0) is 14.3 Å². The number of likely N-dealkylation sites (tertiary alicyclic amines) is 1. The zero-order chi connectivity index (χ0) is 17.2. The van der Waals surface area contributed by atoms with Crippen LogP contribution in [0.3, 0.4) is 0 Å². The van der Waals surface area contributed by atoms with Gasteiger partial charge in [0.15, 0.2) is 5.60 Å². The smallest absolute Gasteiger partial charge is 0.430 e. The summed E-state index contributed by atoms with van der Waals surface area (Å²) in [6, 6.07) is 7.62. The number of hydrogen-bond donors (Lipinski definition) is 1. The summed E-state index contributed by atoms with van der Waals surface area (Å²) in [6.45, 7) is 5.80. The van der Waals surface area contributed by atoms with E-state index in [0.717, 1.165) is 30.8 Å². The third-order valence-corrected chi connectivity index (χ3v) is 4.91. The number of carbonyl (C=O) groups is 2. The molecule has 1 amide bonds. The molecule has 24 heavy (non-hydrogen) atoms. The summed E-state index contributed by atoms with van der Waals surface area (Å²) in [5, 5.41) is 2.99. The van der Waals surface area contributed by atoms with Crippen LogP contribution in [0.5, 0.6) is 0 Å². The second-order valence-electron chi connectivity index (χ2n) is 6.64. The Morgan fingerprint density at radius 3 is 2.50 bits per heavy atom. The zero-order valence-corrected chi connectivity index (χ0v) is 14.2. The third kappa shape index (κ3) is 3.53. The molecule has 0 radical (unpaired) electrons. The molecule has 2 saturated heterocycles. The van der Waals surface area contributed by atoms with E-state index in [1.54, 1.807) is 0 Å². The van der Waals surface area contributed by atoms with Crippen molar-refractivity contribution in [2.75, 3.05) is 25.0 Å². The number of rotatable bonds is 4. The van der Waals surface area contributed by atoms with Crippen LogP contribution in [0, 0.1) is 6.92 Å². The number of piperidine rings is 1. The lowest BCUT2D eigenvalue weighted by Gasteiger charge is -2.39. The Balaban J connectivity index is 1.59. The fourth-order valence-electron chi connectivity index (χ4n) is 3.39. The highest BCUT2D eigenvalue weighted by atomic mass is 16.8. The van der Waals surface area contributed by atoms with Gasteiger partial charge in [0.25, 0.3) is 0 Å². The molecule has 6 heteroatoms. The van der Waals surface area contributed by atoms with Crippen molar-refractivity contribution in [2.45, 2.75) is 44.8 Å². The minimum absolute atomic E-state index is 0.0111.